The van der Waals surface area contributed by atoms with Gasteiger partial charge in [-0.1, -0.05) is 41.5 Å². The highest BCUT2D eigenvalue weighted by atomic mass is 16.5. The van der Waals surface area contributed by atoms with Crippen LogP contribution in [0.25, 0.3) is 0 Å². The van der Waals surface area contributed by atoms with E-state index in [1.165, 1.54) is 6.20 Å². The van der Waals surface area contributed by atoms with Gasteiger partial charge in [0.25, 0.3) is 5.91 Å². The van der Waals surface area contributed by atoms with E-state index in [4.69, 9.17) is 14.5 Å². The molecule has 2 amide bonds. The van der Waals surface area contributed by atoms with E-state index in [9.17, 15) is 9.59 Å². The van der Waals surface area contributed by atoms with Gasteiger partial charge in [-0.15, -0.1) is 0 Å². The summed E-state index contributed by atoms with van der Waals surface area (Å²) in [5.41, 5.74) is 6.20. The van der Waals surface area contributed by atoms with Crippen molar-refractivity contribution in [3.8, 4) is 11.5 Å². The van der Waals surface area contributed by atoms with Crippen molar-refractivity contribution in [1.82, 2.24) is 9.78 Å². The number of nitrogens with zero attached hydrogens (tertiary/aromatic N) is 3. The Balaban J connectivity index is 1.57. The van der Waals surface area contributed by atoms with Gasteiger partial charge in [-0.25, -0.2) is 9.67 Å². The summed E-state index contributed by atoms with van der Waals surface area (Å²) in [4.78, 5) is 32.1. The first-order valence-corrected chi connectivity index (χ1v) is 13.9. The summed E-state index contributed by atoms with van der Waals surface area (Å²) in [5.74, 6) is 0.235. The SMILES string of the molecule is CCOc1ccc(C2C(C(=O)Nc3ccc(C)cc3C)C(C)=Nc3c(C(=O)Nc4ccc(C)cc4)cnn32)cc1OC. The van der Waals surface area contributed by atoms with Gasteiger partial charge in [0.05, 0.1) is 26.0 Å². The lowest BCUT2D eigenvalue weighted by atomic mass is 9.87. The number of benzene rings is 3. The Bertz CT molecular complexity index is 1670. The number of rotatable bonds is 8. The third kappa shape index (κ3) is 5.63. The fourth-order valence-electron chi connectivity index (χ4n) is 5.25. The molecule has 5 rings (SSSR count). The standard InChI is InChI=1S/C33H35N5O4/c1-7-42-27-15-11-23(17-28(27)41-6)30-29(33(40)37-26-14-10-20(3)16-21(26)4)22(5)35-31-25(18-34-38(30)31)32(39)36-24-12-8-19(2)9-13-24/h8-18,29-30H,7H2,1-6H3,(H,36,39)(H,37,40). The highest BCUT2D eigenvalue weighted by Gasteiger charge is 2.40. The topological polar surface area (TPSA) is 107 Å². The fourth-order valence-corrected chi connectivity index (χ4v) is 5.25. The van der Waals surface area contributed by atoms with Crippen LogP contribution in [0.2, 0.25) is 0 Å². The van der Waals surface area contributed by atoms with E-state index >= 15 is 0 Å². The molecule has 1 aliphatic rings. The third-order valence-electron chi connectivity index (χ3n) is 7.39. The van der Waals surface area contributed by atoms with Gasteiger partial charge in [0.15, 0.2) is 17.3 Å². The van der Waals surface area contributed by atoms with E-state index in [1.54, 1.807) is 11.8 Å². The van der Waals surface area contributed by atoms with Crippen LogP contribution in [0.4, 0.5) is 17.2 Å². The Morgan fingerprint density at radius 3 is 2.33 bits per heavy atom. The van der Waals surface area contributed by atoms with Gasteiger partial charge >= 0.3 is 0 Å². The molecule has 42 heavy (non-hydrogen) atoms. The van der Waals surface area contributed by atoms with E-state index in [1.807, 2.05) is 95.3 Å². The van der Waals surface area contributed by atoms with Crippen LogP contribution in [0.3, 0.4) is 0 Å². The molecule has 216 valence electrons. The quantitative estimate of drug-likeness (QED) is 0.256. The minimum Gasteiger partial charge on any atom is -0.493 e. The number of methoxy groups -OCH3 is 1. The number of amides is 2. The Labute approximate surface area is 245 Å². The lowest BCUT2D eigenvalue weighted by molar-refractivity contribution is -0.118. The molecule has 0 saturated heterocycles. The lowest BCUT2D eigenvalue weighted by Crippen LogP contribution is -2.39. The van der Waals surface area contributed by atoms with E-state index < -0.39 is 12.0 Å². The van der Waals surface area contributed by atoms with Crippen LogP contribution >= 0.6 is 0 Å². The van der Waals surface area contributed by atoms with Gasteiger partial charge in [-0.2, -0.15) is 5.10 Å². The molecule has 0 fully saturated rings. The van der Waals surface area contributed by atoms with Crippen molar-refractivity contribution >= 4 is 34.7 Å². The minimum absolute atomic E-state index is 0.229. The van der Waals surface area contributed by atoms with Gasteiger partial charge < -0.3 is 20.1 Å². The molecule has 2 atom stereocenters. The number of aromatic nitrogens is 2. The van der Waals surface area contributed by atoms with Crippen LogP contribution < -0.4 is 20.1 Å². The first-order valence-electron chi connectivity index (χ1n) is 13.9. The Kier molecular flexibility index (Phi) is 8.10. The molecule has 0 aliphatic carbocycles. The van der Waals surface area contributed by atoms with Crippen LogP contribution in [0.5, 0.6) is 11.5 Å². The molecule has 9 nitrogen and oxygen atoms in total. The maximum atomic E-state index is 14.0. The number of aryl methyl sites for hydroxylation is 3. The van der Waals surface area contributed by atoms with E-state index in [-0.39, 0.29) is 11.8 Å². The van der Waals surface area contributed by atoms with Gasteiger partial charge in [-0.3, -0.25) is 9.59 Å². The average Bonchev–Trinajstić information content (AvgIpc) is 3.39. The van der Waals surface area contributed by atoms with Crippen LogP contribution in [-0.2, 0) is 4.79 Å². The summed E-state index contributed by atoms with van der Waals surface area (Å²) in [5, 5.41) is 10.6. The number of hydrogen-bond acceptors (Lipinski definition) is 6. The summed E-state index contributed by atoms with van der Waals surface area (Å²) in [6.45, 7) is 10.2. The number of fused-ring (bicyclic) bond motifs is 1. The monoisotopic (exact) mass is 565 g/mol. The molecule has 3 aromatic carbocycles. The zero-order valence-corrected chi connectivity index (χ0v) is 24.7. The zero-order chi connectivity index (χ0) is 30.0. The molecule has 4 aromatic rings. The molecule has 1 aromatic heterocycles. The van der Waals surface area contributed by atoms with Crippen molar-refractivity contribution < 1.29 is 19.1 Å². The summed E-state index contributed by atoms with van der Waals surface area (Å²) in [6, 6.07) is 18.4. The number of carbonyl (C=O) groups is 2. The molecule has 0 radical (unpaired) electrons. The normalized spacial score (nSPS) is 15.8. The molecular formula is C33H35N5O4. The maximum absolute atomic E-state index is 14.0. The lowest BCUT2D eigenvalue weighted by Gasteiger charge is -2.32. The highest BCUT2D eigenvalue weighted by molar-refractivity contribution is 6.12. The summed E-state index contributed by atoms with van der Waals surface area (Å²) in [7, 11) is 1.58. The van der Waals surface area contributed by atoms with Crippen molar-refractivity contribution in [2.75, 3.05) is 24.4 Å². The van der Waals surface area contributed by atoms with Crippen LogP contribution in [-0.4, -0.2) is 41.0 Å². The van der Waals surface area contributed by atoms with Crippen LogP contribution in [0, 0.1) is 26.7 Å². The number of hydrogen-bond donors (Lipinski definition) is 2. The maximum Gasteiger partial charge on any atom is 0.261 e. The molecule has 0 saturated carbocycles. The van der Waals surface area contributed by atoms with Crippen molar-refractivity contribution in [3.05, 3.63) is 94.7 Å². The van der Waals surface area contributed by atoms with Crippen molar-refractivity contribution in [1.29, 1.82) is 0 Å². The number of carbonyl (C=O) groups excluding carboxylic acids is 2. The van der Waals surface area contributed by atoms with Gasteiger partial charge in [0, 0.05) is 17.1 Å². The number of nitrogens with one attached hydrogen (secondary N) is 2. The summed E-state index contributed by atoms with van der Waals surface area (Å²) >= 11 is 0. The first-order chi connectivity index (χ1) is 20.2. The number of ether oxygens (including phenoxy) is 2. The second kappa shape index (κ2) is 11.9. The summed E-state index contributed by atoms with van der Waals surface area (Å²) < 4.78 is 13.0. The van der Waals surface area contributed by atoms with Gasteiger partial charge in [0.1, 0.15) is 11.5 Å². The minimum atomic E-state index is -0.714. The Morgan fingerprint density at radius 2 is 1.64 bits per heavy atom. The van der Waals surface area contributed by atoms with E-state index in [0.717, 1.165) is 27.9 Å². The van der Waals surface area contributed by atoms with Crippen molar-refractivity contribution in [3.63, 3.8) is 0 Å². The molecule has 0 spiro atoms. The summed E-state index contributed by atoms with van der Waals surface area (Å²) in [6.07, 6.45) is 1.50. The predicted octanol–water partition coefficient (Wildman–Crippen LogP) is 6.42. The second-order valence-corrected chi connectivity index (χ2v) is 10.5. The van der Waals surface area contributed by atoms with Gasteiger partial charge in [-0.05, 0) is 76.1 Å². The Hall–Kier alpha value is -4.92. The fraction of sp³-hybridized carbons (Fsp3) is 0.273. The van der Waals surface area contributed by atoms with E-state index in [2.05, 4.69) is 15.7 Å². The zero-order valence-electron chi connectivity index (χ0n) is 24.7. The van der Waals surface area contributed by atoms with Crippen LogP contribution in [0.15, 0.2) is 71.9 Å². The molecule has 9 heteroatoms. The second-order valence-electron chi connectivity index (χ2n) is 10.5. The van der Waals surface area contributed by atoms with Gasteiger partial charge in [0.2, 0.25) is 5.91 Å². The van der Waals surface area contributed by atoms with Crippen LogP contribution in [0.1, 0.15) is 52.5 Å². The molecule has 2 N–H and O–H groups in total. The molecule has 2 heterocycles. The molecular weight excluding hydrogens is 530 g/mol. The molecule has 2 unspecified atom stereocenters. The molecule has 1 aliphatic heterocycles. The Morgan fingerprint density at radius 1 is 0.905 bits per heavy atom. The number of aliphatic imine (C=N–C) groups is 1. The first kappa shape index (κ1) is 28.6. The van der Waals surface area contributed by atoms with Crippen molar-refractivity contribution in [2.24, 2.45) is 10.9 Å². The predicted molar refractivity (Wildman–Crippen MR) is 164 cm³/mol. The third-order valence-corrected chi connectivity index (χ3v) is 7.39. The smallest absolute Gasteiger partial charge is 0.261 e. The number of anilines is 2. The largest absolute Gasteiger partial charge is 0.493 e. The molecule has 0 bridgehead atoms. The highest BCUT2D eigenvalue weighted by Crippen LogP contribution is 2.41. The van der Waals surface area contributed by atoms with E-state index in [0.29, 0.717) is 40.9 Å². The average molecular weight is 566 g/mol. The van der Waals surface area contributed by atoms with Crippen molar-refractivity contribution in [2.45, 2.75) is 40.7 Å².